The van der Waals surface area contributed by atoms with Gasteiger partial charge < -0.3 is 18.6 Å². The highest BCUT2D eigenvalue weighted by molar-refractivity contribution is 5.77. The molecular formula is C22H24N6O3. The van der Waals surface area contributed by atoms with Crippen molar-refractivity contribution in [2.45, 2.75) is 32.8 Å². The van der Waals surface area contributed by atoms with E-state index in [9.17, 15) is 0 Å². The summed E-state index contributed by atoms with van der Waals surface area (Å²) in [5.74, 6) is 1.64. The molecule has 160 valence electrons. The van der Waals surface area contributed by atoms with Gasteiger partial charge in [0.05, 0.1) is 24.2 Å². The minimum absolute atomic E-state index is 0.423. The largest absolute Gasteiger partial charge is 0.497 e. The van der Waals surface area contributed by atoms with Crippen LogP contribution in [-0.2, 0) is 23.8 Å². The molecule has 3 aromatic heterocycles. The molecule has 31 heavy (non-hydrogen) atoms. The van der Waals surface area contributed by atoms with Crippen molar-refractivity contribution in [3.8, 4) is 34.2 Å². The Kier molecular flexibility index (Phi) is 4.44. The zero-order valence-corrected chi connectivity index (χ0v) is 18.2. The second-order valence-electron chi connectivity index (χ2n) is 8.01. The fraction of sp³-hybridized carbons (Fsp3) is 0.364. The predicted octanol–water partition coefficient (Wildman–Crippen LogP) is 3.51. The van der Waals surface area contributed by atoms with E-state index in [0.717, 1.165) is 34.0 Å². The number of methoxy groups -OCH3 is 1. The van der Waals surface area contributed by atoms with Gasteiger partial charge in [-0.15, -0.1) is 0 Å². The number of hydrogen-bond donors (Lipinski definition) is 0. The first kappa shape index (κ1) is 19.5. The lowest BCUT2D eigenvalue weighted by atomic mass is 10.0. The molecule has 1 aliphatic heterocycles. The maximum atomic E-state index is 5.75. The zero-order chi connectivity index (χ0) is 21.8. The summed E-state index contributed by atoms with van der Waals surface area (Å²) in [6.45, 7) is 6.31. The van der Waals surface area contributed by atoms with Crippen LogP contribution in [0, 0.1) is 0 Å². The number of ether oxygens (including phenoxy) is 2. The van der Waals surface area contributed by atoms with Crippen molar-refractivity contribution < 1.29 is 14.0 Å². The molecule has 9 heteroatoms. The highest BCUT2D eigenvalue weighted by atomic mass is 16.5. The number of rotatable bonds is 5. The van der Waals surface area contributed by atoms with Gasteiger partial charge in [-0.3, -0.25) is 4.68 Å². The van der Waals surface area contributed by atoms with E-state index in [1.807, 2.05) is 56.9 Å². The first-order valence-electron chi connectivity index (χ1n) is 10.2. The molecule has 0 saturated carbocycles. The first-order chi connectivity index (χ1) is 14.9. The molecule has 0 radical (unpaired) electrons. The minimum Gasteiger partial charge on any atom is -0.497 e. The number of aryl methyl sites for hydroxylation is 1. The summed E-state index contributed by atoms with van der Waals surface area (Å²) in [5, 5.41) is 8.92. The smallest absolute Gasteiger partial charge is 0.258 e. The van der Waals surface area contributed by atoms with E-state index in [2.05, 4.69) is 19.7 Å². The second-order valence-corrected chi connectivity index (χ2v) is 8.01. The lowest BCUT2D eigenvalue weighted by Crippen LogP contribution is -2.21. The molecule has 0 aliphatic carbocycles. The second kappa shape index (κ2) is 7.05. The highest BCUT2D eigenvalue weighted by Crippen LogP contribution is 2.38. The molecule has 5 rings (SSSR count). The number of aromatic nitrogens is 6. The van der Waals surface area contributed by atoms with Crippen LogP contribution in [0.2, 0.25) is 0 Å². The lowest BCUT2D eigenvalue weighted by molar-refractivity contribution is -0.0370. The van der Waals surface area contributed by atoms with E-state index in [4.69, 9.17) is 19.1 Å². The van der Waals surface area contributed by atoms with Crippen molar-refractivity contribution >= 4 is 0 Å². The molecule has 0 unspecified atom stereocenters. The predicted molar refractivity (Wildman–Crippen MR) is 113 cm³/mol. The molecule has 0 N–H and O–H groups in total. The summed E-state index contributed by atoms with van der Waals surface area (Å²) < 4.78 is 20.6. The van der Waals surface area contributed by atoms with Crippen LogP contribution in [0.3, 0.4) is 0 Å². The van der Waals surface area contributed by atoms with Gasteiger partial charge in [-0.1, -0.05) is 5.16 Å². The summed E-state index contributed by atoms with van der Waals surface area (Å²) in [4.78, 5) is 9.26. The maximum Gasteiger partial charge on any atom is 0.258 e. The van der Waals surface area contributed by atoms with Crippen molar-refractivity contribution in [2.24, 2.45) is 7.05 Å². The Bertz CT molecular complexity index is 1270. The zero-order valence-electron chi connectivity index (χ0n) is 18.2. The minimum atomic E-state index is -0.670. The van der Waals surface area contributed by atoms with Crippen LogP contribution in [0.15, 0.2) is 35.2 Å². The van der Waals surface area contributed by atoms with Crippen LogP contribution in [0.5, 0.6) is 5.75 Å². The van der Waals surface area contributed by atoms with Gasteiger partial charge in [0.25, 0.3) is 5.89 Å². The molecule has 9 nitrogen and oxygen atoms in total. The van der Waals surface area contributed by atoms with E-state index in [-0.39, 0.29) is 0 Å². The van der Waals surface area contributed by atoms with Crippen molar-refractivity contribution in [3.63, 3.8) is 0 Å². The molecule has 0 spiro atoms. The van der Waals surface area contributed by atoms with Crippen LogP contribution < -0.4 is 4.74 Å². The average Bonchev–Trinajstić information content (AvgIpc) is 3.45. The van der Waals surface area contributed by atoms with Gasteiger partial charge in [0.15, 0.2) is 0 Å². The SMILES string of the molecule is CCOC(C)(C)c1nc(-c2ncn3c2Cc2cn(C)nc2-c2cc(OC)ccc2-3)no1. The molecular weight excluding hydrogens is 396 g/mol. The Balaban J connectivity index is 1.66. The van der Waals surface area contributed by atoms with Crippen LogP contribution in [-0.4, -0.2) is 43.2 Å². The maximum absolute atomic E-state index is 5.75. The van der Waals surface area contributed by atoms with E-state index >= 15 is 0 Å². The third kappa shape index (κ3) is 3.12. The van der Waals surface area contributed by atoms with Gasteiger partial charge >= 0.3 is 0 Å². The van der Waals surface area contributed by atoms with E-state index in [1.54, 1.807) is 13.4 Å². The molecule has 0 bridgehead atoms. The normalized spacial score (nSPS) is 12.8. The summed E-state index contributed by atoms with van der Waals surface area (Å²) in [6, 6.07) is 5.97. The standard InChI is InChI=1S/C22H24N6O3/c1-6-30-22(2,3)21-24-20(26-31-21)19-17-9-13-11-27(4)25-18(13)15-10-14(29-5)7-8-16(15)28(17)12-23-19/h7-8,10-12H,6,9H2,1-5H3. The van der Waals surface area contributed by atoms with Crippen LogP contribution in [0.4, 0.5) is 0 Å². The topological polar surface area (TPSA) is 93.0 Å². The summed E-state index contributed by atoms with van der Waals surface area (Å²) in [6.07, 6.45) is 4.46. The quantitative estimate of drug-likeness (QED) is 0.429. The van der Waals surface area contributed by atoms with Crippen molar-refractivity contribution in [1.29, 1.82) is 0 Å². The molecule has 1 aliphatic rings. The molecule has 4 heterocycles. The molecule has 0 atom stereocenters. The van der Waals surface area contributed by atoms with Crippen molar-refractivity contribution in [1.82, 2.24) is 29.5 Å². The van der Waals surface area contributed by atoms with E-state index < -0.39 is 5.60 Å². The molecule has 0 saturated heterocycles. The van der Waals surface area contributed by atoms with Crippen LogP contribution in [0.1, 0.15) is 37.9 Å². The fourth-order valence-electron chi connectivity index (χ4n) is 4.04. The van der Waals surface area contributed by atoms with Gasteiger partial charge in [0.2, 0.25) is 5.82 Å². The van der Waals surface area contributed by atoms with Gasteiger partial charge in [-0.2, -0.15) is 10.1 Å². The van der Waals surface area contributed by atoms with E-state index in [1.165, 1.54) is 0 Å². The number of fused-ring (bicyclic) bond motifs is 5. The van der Waals surface area contributed by atoms with E-state index in [0.29, 0.717) is 30.4 Å². The first-order valence-corrected chi connectivity index (χ1v) is 10.2. The third-order valence-corrected chi connectivity index (χ3v) is 5.51. The van der Waals surface area contributed by atoms with Gasteiger partial charge in [-0.05, 0) is 39.0 Å². The van der Waals surface area contributed by atoms with Crippen molar-refractivity contribution in [2.75, 3.05) is 13.7 Å². The summed E-state index contributed by atoms with van der Waals surface area (Å²) in [7, 11) is 3.59. The summed E-state index contributed by atoms with van der Waals surface area (Å²) >= 11 is 0. The average molecular weight is 420 g/mol. The number of benzene rings is 1. The number of nitrogens with zero attached hydrogens (tertiary/aromatic N) is 6. The Labute approximate surface area is 179 Å². The van der Waals surface area contributed by atoms with Gasteiger partial charge in [0, 0.05) is 37.4 Å². The lowest BCUT2D eigenvalue weighted by Gasteiger charge is -2.19. The Morgan fingerprint density at radius 3 is 2.84 bits per heavy atom. The highest BCUT2D eigenvalue weighted by Gasteiger charge is 2.31. The van der Waals surface area contributed by atoms with Crippen LogP contribution in [0.25, 0.3) is 28.5 Å². The Morgan fingerprint density at radius 1 is 1.23 bits per heavy atom. The molecule has 4 aromatic rings. The molecule has 0 amide bonds. The fourth-order valence-corrected chi connectivity index (χ4v) is 4.04. The number of hydrogen-bond acceptors (Lipinski definition) is 7. The molecule has 1 aromatic carbocycles. The number of imidazole rings is 1. The van der Waals surface area contributed by atoms with Gasteiger partial charge in [0.1, 0.15) is 23.4 Å². The van der Waals surface area contributed by atoms with Crippen molar-refractivity contribution in [3.05, 3.63) is 47.9 Å². The Morgan fingerprint density at radius 2 is 2.06 bits per heavy atom. The summed E-state index contributed by atoms with van der Waals surface area (Å²) in [5.41, 5.74) is 4.97. The van der Waals surface area contributed by atoms with Crippen LogP contribution >= 0.6 is 0 Å². The third-order valence-electron chi connectivity index (χ3n) is 5.51. The molecule has 0 fully saturated rings. The Hall–Kier alpha value is -3.46. The van der Waals surface area contributed by atoms with Gasteiger partial charge in [-0.25, -0.2) is 4.98 Å². The monoisotopic (exact) mass is 420 g/mol.